The molecule has 2 bridgehead atoms. The largest absolute Gasteiger partial charge is 0.464 e. The van der Waals surface area contributed by atoms with Crippen molar-refractivity contribution in [1.29, 1.82) is 0 Å². The molecule has 4 nitrogen and oxygen atoms in total. The molecule has 0 aliphatic carbocycles. The van der Waals surface area contributed by atoms with Crippen LogP contribution in [-0.4, -0.2) is 36.0 Å². The molecular formula is C19H22N2O2. The second-order valence-electron chi connectivity index (χ2n) is 7.44. The first-order valence-corrected chi connectivity index (χ1v) is 8.71. The Morgan fingerprint density at radius 1 is 1.26 bits per heavy atom. The van der Waals surface area contributed by atoms with Crippen molar-refractivity contribution in [2.24, 2.45) is 11.8 Å². The lowest BCUT2D eigenvalue weighted by molar-refractivity contribution is -0.132. The van der Waals surface area contributed by atoms with Crippen LogP contribution < -0.4 is 5.32 Å². The Morgan fingerprint density at radius 3 is 2.74 bits per heavy atom. The number of amides is 1. The Morgan fingerprint density at radius 2 is 2.00 bits per heavy atom. The molecule has 3 aliphatic rings. The zero-order chi connectivity index (χ0) is 15.6. The first kappa shape index (κ1) is 13.6. The van der Waals surface area contributed by atoms with E-state index in [2.05, 4.69) is 29.3 Å². The smallest absolute Gasteiger partial charge is 0.227 e. The van der Waals surface area contributed by atoms with E-state index in [1.807, 2.05) is 6.07 Å². The van der Waals surface area contributed by atoms with E-state index >= 15 is 0 Å². The summed E-state index contributed by atoms with van der Waals surface area (Å²) in [6.07, 6.45) is 4.60. The molecular weight excluding hydrogens is 288 g/mol. The number of aryl methyl sites for hydroxylation is 1. The van der Waals surface area contributed by atoms with Crippen LogP contribution in [0.25, 0.3) is 11.0 Å². The first-order chi connectivity index (χ1) is 11.2. The third kappa shape index (κ3) is 1.91. The number of hydrogen-bond acceptors (Lipinski definition) is 3. The fraction of sp³-hybridized carbons (Fsp3) is 0.526. The van der Waals surface area contributed by atoms with Crippen LogP contribution in [-0.2, 0) is 11.2 Å². The number of rotatable bonds is 2. The summed E-state index contributed by atoms with van der Waals surface area (Å²) >= 11 is 0. The molecule has 23 heavy (non-hydrogen) atoms. The van der Waals surface area contributed by atoms with Crippen molar-refractivity contribution >= 4 is 16.9 Å². The lowest BCUT2D eigenvalue weighted by atomic mass is 9.82. The van der Waals surface area contributed by atoms with Gasteiger partial charge in [-0.15, -0.1) is 0 Å². The highest BCUT2D eigenvalue weighted by Gasteiger charge is 2.55. The van der Waals surface area contributed by atoms with E-state index in [0.29, 0.717) is 30.3 Å². The van der Waals surface area contributed by atoms with Crippen LogP contribution in [0.3, 0.4) is 0 Å². The van der Waals surface area contributed by atoms with Gasteiger partial charge < -0.3 is 14.6 Å². The molecule has 2 aromatic rings. The Bertz CT molecular complexity index is 763. The van der Waals surface area contributed by atoms with Gasteiger partial charge in [-0.25, -0.2) is 0 Å². The third-order valence-corrected chi connectivity index (χ3v) is 6.21. The summed E-state index contributed by atoms with van der Waals surface area (Å²) in [4.78, 5) is 15.2. The molecule has 1 N–H and O–H groups in total. The van der Waals surface area contributed by atoms with Crippen molar-refractivity contribution in [2.45, 2.75) is 38.3 Å². The minimum Gasteiger partial charge on any atom is -0.464 e. The minimum absolute atomic E-state index is 0.287. The molecule has 0 radical (unpaired) electrons. The SMILES string of the molecule is Cc1ccc2c(CC(=O)N3[C@@H]4CC[C@H]3[C@H]3CNC[C@H]34)coc2c1. The highest BCUT2D eigenvalue weighted by Crippen LogP contribution is 2.47. The van der Waals surface area contributed by atoms with Gasteiger partial charge in [-0.2, -0.15) is 0 Å². The maximum atomic E-state index is 13.0. The van der Waals surface area contributed by atoms with Crippen molar-refractivity contribution in [2.75, 3.05) is 13.1 Å². The van der Waals surface area contributed by atoms with Crippen molar-refractivity contribution < 1.29 is 9.21 Å². The normalized spacial score (nSPS) is 32.0. The number of nitrogens with zero attached hydrogens (tertiary/aromatic N) is 1. The molecule has 4 atom stereocenters. The summed E-state index contributed by atoms with van der Waals surface area (Å²) in [6, 6.07) is 7.13. The Balaban J connectivity index is 1.41. The van der Waals surface area contributed by atoms with E-state index in [4.69, 9.17) is 4.42 Å². The predicted octanol–water partition coefficient (Wildman–Crippen LogP) is 2.49. The predicted molar refractivity (Wildman–Crippen MR) is 88.2 cm³/mol. The van der Waals surface area contributed by atoms with Gasteiger partial charge in [0, 0.05) is 36.1 Å². The summed E-state index contributed by atoms with van der Waals surface area (Å²) in [5, 5.41) is 4.59. The van der Waals surface area contributed by atoms with E-state index in [-0.39, 0.29) is 5.91 Å². The van der Waals surface area contributed by atoms with Gasteiger partial charge in [0.25, 0.3) is 0 Å². The Kier molecular flexibility index (Phi) is 2.87. The van der Waals surface area contributed by atoms with Gasteiger partial charge in [-0.1, -0.05) is 12.1 Å². The minimum atomic E-state index is 0.287. The van der Waals surface area contributed by atoms with Crippen molar-refractivity contribution in [1.82, 2.24) is 10.2 Å². The number of carbonyl (C=O) groups is 1. The molecule has 0 saturated carbocycles. The molecule has 0 spiro atoms. The zero-order valence-corrected chi connectivity index (χ0v) is 13.4. The molecule has 1 aromatic heterocycles. The monoisotopic (exact) mass is 310 g/mol. The van der Waals surface area contributed by atoms with Crippen molar-refractivity contribution in [3.05, 3.63) is 35.6 Å². The van der Waals surface area contributed by atoms with Gasteiger partial charge in [0.2, 0.25) is 5.91 Å². The van der Waals surface area contributed by atoms with Gasteiger partial charge in [0.05, 0.1) is 12.7 Å². The molecule has 1 aromatic carbocycles. The molecule has 1 amide bonds. The van der Waals surface area contributed by atoms with E-state index in [1.165, 1.54) is 18.4 Å². The molecule has 0 unspecified atom stereocenters. The maximum absolute atomic E-state index is 13.0. The number of carbonyl (C=O) groups excluding carboxylic acids is 1. The Labute approximate surface area is 135 Å². The van der Waals surface area contributed by atoms with Crippen LogP contribution >= 0.6 is 0 Å². The van der Waals surface area contributed by atoms with Gasteiger partial charge in [-0.05, 0) is 43.2 Å². The average Bonchev–Trinajstić information content (AvgIpc) is 3.27. The fourth-order valence-electron chi connectivity index (χ4n) is 5.22. The summed E-state index contributed by atoms with van der Waals surface area (Å²) in [5.41, 5.74) is 3.10. The number of hydrogen-bond donors (Lipinski definition) is 1. The molecule has 3 fully saturated rings. The van der Waals surface area contributed by atoms with E-state index in [0.717, 1.165) is 29.6 Å². The topological polar surface area (TPSA) is 45.5 Å². The van der Waals surface area contributed by atoms with E-state index < -0.39 is 0 Å². The summed E-state index contributed by atoms with van der Waals surface area (Å²) in [6.45, 7) is 4.23. The first-order valence-electron chi connectivity index (χ1n) is 8.71. The lowest BCUT2D eigenvalue weighted by Crippen LogP contribution is -2.40. The molecule has 4 heterocycles. The summed E-state index contributed by atoms with van der Waals surface area (Å²) in [5.74, 6) is 1.65. The Hall–Kier alpha value is -1.81. The number of furan rings is 1. The standard InChI is InChI=1S/C19H22N2O2/c1-11-2-3-13-12(10-23-18(13)6-11)7-19(22)21-16-4-5-17(21)15-9-20-8-14(15)16/h2-3,6,10,14-17,20H,4-5,7-9H2,1H3/t14-,15+,16-,17+. The number of benzene rings is 1. The zero-order valence-electron chi connectivity index (χ0n) is 13.4. The lowest BCUT2D eigenvalue weighted by Gasteiger charge is -2.24. The van der Waals surface area contributed by atoms with Gasteiger partial charge in [0.1, 0.15) is 5.58 Å². The van der Waals surface area contributed by atoms with E-state index in [1.54, 1.807) is 6.26 Å². The second-order valence-corrected chi connectivity index (χ2v) is 7.44. The van der Waals surface area contributed by atoms with Gasteiger partial charge in [-0.3, -0.25) is 4.79 Å². The van der Waals surface area contributed by atoms with Crippen LogP contribution in [0.1, 0.15) is 24.0 Å². The van der Waals surface area contributed by atoms with Crippen molar-refractivity contribution in [3.8, 4) is 0 Å². The number of nitrogens with one attached hydrogen (secondary N) is 1. The second kappa shape index (κ2) is 4.84. The summed E-state index contributed by atoms with van der Waals surface area (Å²) in [7, 11) is 0. The fourth-order valence-corrected chi connectivity index (χ4v) is 5.22. The number of fused-ring (bicyclic) bond motifs is 6. The highest BCUT2D eigenvalue weighted by atomic mass is 16.3. The van der Waals surface area contributed by atoms with Crippen LogP contribution in [0, 0.1) is 18.8 Å². The third-order valence-electron chi connectivity index (χ3n) is 6.21. The van der Waals surface area contributed by atoms with Crippen LogP contribution in [0.15, 0.2) is 28.9 Å². The van der Waals surface area contributed by atoms with Crippen LogP contribution in [0.4, 0.5) is 0 Å². The molecule has 3 aliphatic heterocycles. The maximum Gasteiger partial charge on any atom is 0.227 e. The van der Waals surface area contributed by atoms with E-state index in [9.17, 15) is 4.79 Å². The van der Waals surface area contributed by atoms with Gasteiger partial charge >= 0.3 is 0 Å². The van der Waals surface area contributed by atoms with Crippen LogP contribution in [0.5, 0.6) is 0 Å². The summed E-state index contributed by atoms with van der Waals surface area (Å²) < 4.78 is 5.66. The highest BCUT2D eigenvalue weighted by molar-refractivity contribution is 5.88. The quantitative estimate of drug-likeness (QED) is 0.927. The van der Waals surface area contributed by atoms with Gasteiger partial charge in [0.15, 0.2) is 0 Å². The molecule has 4 heteroatoms. The molecule has 5 rings (SSSR count). The van der Waals surface area contributed by atoms with Crippen molar-refractivity contribution in [3.63, 3.8) is 0 Å². The van der Waals surface area contributed by atoms with Crippen LogP contribution in [0.2, 0.25) is 0 Å². The average molecular weight is 310 g/mol. The molecule has 3 saturated heterocycles. The molecule has 120 valence electrons.